The van der Waals surface area contributed by atoms with Gasteiger partial charge in [-0.3, -0.25) is 0 Å². The van der Waals surface area contributed by atoms with Crippen molar-refractivity contribution < 1.29 is 4.74 Å². The van der Waals surface area contributed by atoms with Crippen LogP contribution in [0.2, 0.25) is 0 Å². The molecule has 0 aliphatic carbocycles. The predicted molar refractivity (Wildman–Crippen MR) is 55.1 cm³/mol. The number of imidazole rings is 2. The molecular weight excluding hydrogens is 192 g/mol. The van der Waals surface area contributed by atoms with Gasteiger partial charge < -0.3 is 14.7 Å². The van der Waals surface area contributed by atoms with Crippen LogP contribution in [0.3, 0.4) is 0 Å². The predicted octanol–water partition coefficient (Wildman–Crippen LogP) is 1.97. The summed E-state index contributed by atoms with van der Waals surface area (Å²) >= 11 is 0. The van der Waals surface area contributed by atoms with Crippen molar-refractivity contribution in [2.24, 2.45) is 0 Å². The lowest BCUT2D eigenvalue weighted by Crippen LogP contribution is -2.05. The average Bonchev–Trinajstić information content (AvgIpc) is 2.91. The van der Waals surface area contributed by atoms with Crippen molar-refractivity contribution in [3.05, 3.63) is 36.4 Å². The SMILES string of the molecule is CC(OC(C)c1cnc[nH]1)c1cnc[nH]1. The van der Waals surface area contributed by atoms with E-state index in [-0.39, 0.29) is 12.2 Å². The van der Waals surface area contributed by atoms with Crippen LogP contribution in [0, 0.1) is 0 Å². The number of aromatic amines is 2. The Kier molecular flexibility index (Phi) is 2.82. The second-order valence-electron chi connectivity index (χ2n) is 3.43. The Morgan fingerprint density at radius 2 is 1.47 bits per heavy atom. The highest BCUT2D eigenvalue weighted by atomic mass is 16.5. The van der Waals surface area contributed by atoms with Crippen molar-refractivity contribution in [1.29, 1.82) is 0 Å². The zero-order chi connectivity index (χ0) is 10.7. The standard InChI is InChI=1S/C10H14N4O/c1-7(9-3-11-5-13-9)15-8(2)10-4-12-6-14-10/h3-8H,1-2H3,(H,11,13)(H,12,14). The lowest BCUT2D eigenvalue weighted by molar-refractivity contribution is 0.00173. The molecule has 0 aliphatic heterocycles. The summed E-state index contributed by atoms with van der Waals surface area (Å²) in [6.07, 6.45) is 6.82. The van der Waals surface area contributed by atoms with Crippen molar-refractivity contribution in [3.63, 3.8) is 0 Å². The van der Waals surface area contributed by atoms with Gasteiger partial charge in [0.1, 0.15) is 0 Å². The number of aromatic nitrogens is 4. The minimum absolute atomic E-state index is 0.00852. The Balaban J connectivity index is 1.98. The monoisotopic (exact) mass is 206 g/mol. The normalized spacial score (nSPS) is 15.1. The molecular formula is C10H14N4O. The first kappa shape index (κ1) is 9.92. The average molecular weight is 206 g/mol. The van der Waals surface area contributed by atoms with Crippen molar-refractivity contribution in [2.45, 2.75) is 26.1 Å². The highest BCUT2D eigenvalue weighted by molar-refractivity contribution is 5.01. The van der Waals surface area contributed by atoms with Gasteiger partial charge in [0.05, 0.1) is 48.6 Å². The maximum absolute atomic E-state index is 5.80. The van der Waals surface area contributed by atoms with Gasteiger partial charge in [-0.2, -0.15) is 0 Å². The molecule has 5 nitrogen and oxygen atoms in total. The molecule has 0 radical (unpaired) electrons. The largest absolute Gasteiger partial charge is 0.363 e. The van der Waals surface area contributed by atoms with Crippen LogP contribution in [0.4, 0.5) is 0 Å². The van der Waals surface area contributed by atoms with E-state index in [1.165, 1.54) is 0 Å². The third kappa shape index (κ3) is 2.24. The number of ether oxygens (including phenoxy) is 1. The minimum atomic E-state index is -0.00852. The second kappa shape index (κ2) is 4.27. The molecule has 2 N–H and O–H groups in total. The van der Waals surface area contributed by atoms with Gasteiger partial charge in [0, 0.05) is 0 Å². The van der Waals surface area contributed by atoms with Crippen molar-refractivity contribution in [1.82, 2.24) is 19.9 Å². The third-order valence-electron chi connectivity index (χ3n) is 2.32. The molecule has 2 rings (SSSR count). The second-order valence-corrected chi connectivity index (χ2v) is 3.43. The summed E-state index contributed by atoms with van der Waals surface area (Å²) in [5, 5.41) is 0. The number of H-pyrrole nitrogens is 2. The van der Waals surface area contributed by atoms with Gasteiger partial charge in [-0.15, -0.1) is 0 Å². The lowest BCUT2D eigenvalue weighted by atomic mass is 10.2. The van der Waals surface area contributed by atoms with E-state index in [9.17, 15) is 0 Å². The number of nitrogens with zero attached hydrogens (tertiary/aromatic N) is 2. The number of hydrogen-bond donors (Lipinski definition) is 2. The molecule has 2 aromatic heterocycles. The molecule has 0 aromatic carbocycles. The molecule has 0 spiro atoms. The van der Waals surface area contributed by atoms with E-state index in [2.05, 4.69) is 19.9 Å². The fourth-order valence-corrected chi connectivity index (χ4v) is 1.43. The minimum Gasteiger partial charge on any atom is -0.363 e. The molecule has 2 heterocycles. The topological polar surface area (TPSA) is 66.6 Å². The third-order valence-corrected chi connectivity index (χ3v) is 2.32. The highest BCUT2D eigenvalue weighted by Gasteiger charge is 2.13. The zero-order valence-corrected chi connectivity index (χ0v) is 8.77. The lowest BCUT2D eigenvalue weighted by Gasteiger charge is -2.16. The van der Waals surface area contributed by atoms with Crippen LogP contribution >= 0.6 is 0 Å². The van der Waals surface area contributed by atoms with Gasteiger partial charge in [0.2, 0.25) is 0 Å². The first-order valence-corrected chi connectivity index (χ1v) is 4.89. The van der Waals surface area contributed by atoms with Crippen molar-refractivity contribution in [2.75, 3.05) is 0 Å². The summed E-state index contributed by atoms with van der Waals surface area (Å²) < 4.78 is 5.80. The Hall–Kier alpha value is -1.62. The Labute approximate surface area is 87.9 Å². The van der Waals surface area contributed by atoms with Crippen LogP contribution in [0.25, 0.3) is 0 Å². The molecule has 2 atom stereocenters. The quantitative estimate of drug-likeness (QED) is 0.803. The summed E-state index contributed by atoms with van der Waals surface area (Å²) in [6.45, 7) is 3.97. The van der Waals surface area contributed by atoms with Crippen molar-refractivity contribution in [3.8, 4) is 0 Å². The van der Waals surface area contributed by atoms with Crippen LogP contribution in [0.5, 0.6) is 0 Å². The molecule has 0 aliphatic rings. The van der Waals surface area contributed by atoms with E-state index < -0.39 is 0 Å². The van der Waals surface area contributed by atoms with E-state index in [0.717, 1.165) is 11.4 Å². The molecule has 0 amide bonds. The molecule has 0 fully saturated rings. The fourth-order valence-electron chi connectivity index (χ4n) is 1.43. The van der Waals surface area contributed by atoms with Crippen LogP contribution in [-0.2, 0) is 4.74 Å². The van der Waals surface area contributed by atoms with Gasteiger partial charge in [0.25, 0.3) is 0 Å². The van der Waals surface area contributed by atoms with E-state index in [1.54, 1.807) is 25.0 Å². The van der Waals surface area contributed by atoms with Gasteiger partial charge >= 0.3 is 0 Å². The highest BCUT2D eigenvalue weighted by Crippen LogP contribution is 2.23. The number of rotatable bonds is 4. The van der Waals surface area contributed by atoms with Crippen LogP contribution < -0.4 is 0 Å². The summed E-state index contributed by atoms with van der Waals surface area (Å²) in [7, 11) is 0. The Bertz CT molecular complexity index is 343. The molecule has 0 bridgehead atoms. The van der Waals surface area contributed by atoms with Gasteiger partial charge in [0.15, 0.2) is 0 Å². The van der Waals surface area contributed by atoms with E-state index in [4.69, 9.17) is 4.74 Å². The first-order chi connectivity index (χ1) is 7.27. The van der Waals surface area contributed by atoms with Crippen LogP contribution in [0.15, 0.2) is 25.0 Å². The molecule has 15 heavy (non-hydrogen) atoms. The molecule has 0 saturated carbocycles. The van der Waals surface area contributed by atoms with Crippen LogP contribution in [-0.4, -0.2) is 19.9 Å². The molecule has 2 aromatic rings. The van der Waals surface area contributed by atoms with Gasteiger partial charge in [-0.05, 0) is 13.8 Å². The summed E-state index contributed by atoms with van der Waals surface area (Å²) in [4.78, 5) is 14.0. The Morgan fingerprint density at radius 1 is 1.00 bits per heavy atom. The van der Waals surface area contributed by atoms with Crippen molar-refractivity contribution >= 4 is 0 Å². The fraction of sp³-hybridized carbons (Fsp3) is 0.400. The van der Waals surface area contributed by atoms with E-state index >= 15 is 0 Å². The van der Waals surface area contributed by atoms with E-state index in [0.29, 0.717) is 0 Å². The maximum atomic E-state index is 5.80. The number of nitrogens with one attached hydrogen (secondary N) is 2. The zero-order valence-electron chi connectivity index (χ0n) is 8.77. The van der Waals surface area contributed by atoms with Gasteiger partial charge in [-0.1, -0.05) is 0 Å². The smallest absolute Gasteiger partial charge is 0.0969 e. The molecule has 2 unspecified atom stereocenters. The summed E-state index contributed by atoms with van der Waals surface area (Å²) in [6, 6.07) is 0. The maximum Gasteiger partial charge on any atom is 0.0969 e. The number of hydrogen-bond acceptors (Lipinski definition) is 3. The van der Waals surface area contributed by atoms with E-state index in [1.807, 2.05) is 13.8 Å². The first-order valence-electron chi connectivity index (χ1n) is 4.89. The van der Waals surface area contributed by atoms with Gasteiger partial charge in [-0.25, -0.2) is 9.97 Å². The van der Waals surface area contributed by atoms with Crippen LogP contribution in [0.1, 0.15) is 37.4 Å². The summed E-state index contributed by atoms with van der Waals surface area (Å²) in [5.74, 6) is 0. The molecule has 5 heteroatoms. The summed E-state index contributed by atoms with van der Waals surface area (Å²) in [5.41, 5.74) is 1.95. The molecule has 80 valence electrons. The Morgan fingerprint density at radius 3 is 1.80 bits per heavy atom. The molecule has 0 saturated heterocycles.